The van der Waals surface area contributed by atoms with Gasteiger partial charge in [-0.1, -0.05) is 19.9 Å². The van der Waals surface area contributed by atoms with Crippen molar-refractivity contribution in [1.29, 1.82) is 0 Å². The second-order valence-electron chi connectivity index (χ2n) is 4.93. The van der Waals surface area contributed by atoms with Crippen LogP contribution >= 0.6 is 0 Å². The molecular weight excluding hydrogens is 242 g/mol. The first-order valence-corrected chi connectivity index (χ1v) is 6.32. The quantitative estimate of drug-likeness (QED) is 0.758. The van der Waals surface area contributed by atoms with E-state index in [-0.39, 0.29) is 18.4 Å². The Hall–Kier alpha value is -1.88. The molecule has 0 bridgehead atoms. The Kier molecular flexibility index (Phi) is 5.51. The molecule has 1 rings (SSSR count). The average Bonchev–Trinajstić information content (AvgIpc) is 2.32. The highest BCUT2D eigenvalue weighted by atomic mass is 16.2. The number of hydrogen-bond donors (Lipinski definition) is 3. The molecule has 2 amide bonds. The first-order chi connectivity index (χ1) is 8.92. The molecule has 0 aliphatic heterocycles. The number of carbonyl (C=O) groups is 2. The van der Waals surface area contributed by atoms with Crippen LogP contribution in [-0.2, 0) is 9.59 Å². The Balaban J connectivity index is 2.79. The summed E-state index contributed by atoms with van der Waals surface area (Å²) in [4.78, 5) is 23.0. The first kappa shape index (κ1) is 15.2. The molecule has 1 aromatic rings. The van der Waals surface area contributed by atoms with Crippen molar-refractivity contribution in [3.8, 4) is 0 Å². The molecule has 0 saturated heterocycles. The van der Waals surface area contributed by atoms with Crippen molar-refractivity contribution in [2.45, 2.75) is 27.2 Å². The SMILES string of the molecule is Cc1ccc(NC(=O)CN)cc1NC(=O)CC(C)C. The van der Waals surface area contributed by atoms with E-state index in [1.54, 1.807) is 12.1 Å². The minimum absolute atomic E-state index is 0.0274. The fourth-order valence-corrected chi connectivity index (χ4v) is 1.62. The summed E-state index contributed by atoms with van der Waals surface area (Å²) in [6.07, 6.45) is 0.471. The van der Waals surface area contributed by atoms with Gasteiger partial charge < -0.3 is 16.4 Å². The van der Waals surface area contributed by atoms with Gasteiger partial charge in [0, 0.05) is 17.8 Å². The third-order valence-electron chi connectivity index (χ3n) is 2.57. The van der Waals surface area contributed by atoms with E-state index in [0.717, 1.165) is 5.56 Å². The second-order valence-corrected chi connectivity index (χ2v) is 4.93. The smallest absolute Gasteiger partial charge is 0.238 e. The highest BCUT2D eigenvalue weighted by Crippen LogP contribution is 2.20. The molecule has 0 saturated carbocycles. The maximum absolute atomic E-state index is 11.7. The Morgan fingerprint density at radius 2 is 1.89 bits per heavy atom. The predicted octanol–water partition coefficient (Wildman–Crippen LogP) is 1.88. The molecule has 0 aliphatic carbocycles. The van der Waals surface area contributed by atoms with Gasteiger partial charge in [0.15, 0.2) is 0 Å². The molecule has 0 radical (unpaired) electrons. The van der Waals surface area contributed by atoms with Crippen LogP contribution in [0.3, 0.4) is 0 Å². The van der Waals surface area contributed by atoms with Crippen molar-refractivity contribution in [2.24, 2.45) is 11.7 Å². The van der Waals surface area contributed by atoms with E-state index >= 15 is 0 Å². The molecule has 1 aromatic carbocycles. The molecule has 19 heavy (non-hydrogen) atoms. The van der Waals surface area contributed by atoms with Crippen molar-refractivity contribution in [3.05, 3.63) is 23.8 Å². The van der Waals surface area contributed by atoms with Gasteiger partial charge >= 0.3 is 0 Å². The summed E-state index contributed by atoms with van der Waals surface area (Å²) in [5.41, 5.74) is 7.52. The van der Waals surface area contributed by atoms with Gasteiger partial charge in [-0.3, -0.25) is 9.59 Å². The second kappa shape index (κ2) is 6.89. The van der Waals surface area contributed by atoms with E-state index in [2.05, 4.69) is 10.6 Å². The van der Waals surface area contributed by atoms with Gasteiger partial charge in [0.05, 0.1) is 6.54 Å². The van der Waals surface area contributed by atoms with Crippen LogP contribution in [0.5, 0.6) is 0 Å². The van der Waals surface area contributed by atoms with E-state index < -0.39 is 0 Å². The van der Waals surface area contributed by atoms with Gasteiger partial charge in [-0.25, -0.2) is 0 Å². The standard InChI is InChI=1S/C14H21N3O2/c1-9(2)6-13(18)17-12-7-11(5-4-10(12)3)16-14(19)8-15/h4-5,7,9H,6,8,15H2,1-3H3,(H,16,19)(H,17,18). The van der Waals surface area contributed by atoms with E-state index in [4.69, 9.17) is 5.73 Å². The summed E-state index contributed by atoms with van der Waals surface area (Å²) < 4.78 is 0. The number of anilines is 2. The van der Waals surface area contributed by atoms with Crippen LogP contribution in [0.4, 0.5) is 11.4 Å². The monoisotopic (exact) mass is 263 g/mol. The Morgan fingerprint density at radius 3 is 2.47 bits per heavy atom. The summed E-state index contributed by atoms with van der Waals surface area (Å²) in [6.45, 7) is 5.82. The zero-order valence-corrected chi connectivity index (χ0v) is 11.6. The Labute approximate surface area is 113 Å². The number of benzene rings is 1. The maximum atomic E-state index is 11.7. The molecule has 0 atom stereocenters. The van der Waals surface area contributed by atoms with Crippen molar-refractivity contribution < 1.29 is 9.59 Å². The molecule has 5 nitrogen and oxygen atoms in total. The Morgan fingerprint density at radius 1 is 1.21 bits per heavy atom. The van der Waals surface area contributed by atoms with Gasteiger partial charge in [0.25, 0.3) is 0 Å². The number of rotatable bonds is 5. The summed E-state index contributed by atoms with van der Waals surface area (Å²) in [6, 6.07) is 5.36. The van der Waals surface area contributed by atoms with Crippen molar-refractivity contribution in [2.75, 3.05) is 17.2 Å². The lowest BCUT2D eigenvalue weighted by molar-refractivity contribution is -0.117. The number of aryl methyl sites for hydroxylation is 1. The fraction of sp³-hybridized carbons (Fsp3) is 0.429. The van der Waals surface area contributed by atoms with Crippen LogP contribution in [0.25, 0.3) is 0 Å². The molecule has 0 unspecified atom stereocenters. The number of carbonyl (C=O) groups excluding carboxylic acids is 2. The number of nitrogens with two attached hydrogens (primary N) is 1. The molecule has 0 spiro atoms. The van der Waals surface area contributed by atoms with Crippen molar-refractivity contribution >= 4 is 23.2 Å². The van der Waals surface area contributed by atoms with Crippen molar-refractivity contribution in [1.82, 2.24) is 0 Å². The molecule has 0 aliphatic rings. The third kappa shape index (κ3) is 5.09. The predicted molar refractivity (Wildman–Crippen MR) is 76.9 cm³/mol. The highest BCUT2D eigenvalue weighted by Gasteiger charge is 2.08. The molecule has 0 heterocycles. The lowest BCUT2D eigenvalue weighted by atomic mass is 10.1. The van der Waals surface area contributed by atoms with Crippen molar-refractivity contribution in [3.63, 3.8) is 0 Å². The molecule has 104 valence electrons. The number of nitrogens with one attached hydrogen (secondary N) is 2. The van der Waals surface area contributed by atoms with Gasteiger partial charge in [-0.05, 0) is 30.5 Å². The normalized spacial score (nSPS) is 10.4. The van der Waals surface area contributed by atoms with Crippen LogP contribution in [0.1, 0.15) is 25.8 Å². The van der Waals surface area contributed by atoms with E-state index in [0.29, 0.717) is 23.7 Å². The van der Waals surface area contributed by atoms with Crippen LogP contribution in [0.2, 0.25) is 0 Å². The van der Waals surface area contributed by atoms with Gasteiger partial charge in [-0.15, -0.1) is 0 Å². The summed E-state index contributed by atoms with van der Waals surface area (Å²) in [5, 5.41) is 5.51. The average molecular weight is 263 g/mol. The van der Waals surface area contributed by atoms with Crippen LogP contribution in [-0.4, -0.2) is 18.4 Å². The summed E-state index contributed by atoms with van der Waals surface area (Å²) in [5.74, 6) is 0.0177. The van der Waals surface area contributed by atoms with Crippen LogP contribution < -0.4 is 16.4 Å². The molecule has 0 fully saturated rings. The lowest BCUT2D eigenvalue weighted by Crippen LogP contribution is -2.22. The number of amides is 2. The summed E-state index contributed by atoms with van der Waals surface area (Å²) in [7, 11) is 0. The van der Waals surface area contributed by atoms with Gasteiger partial charge in [0.1, 0.15) is 0 Å². The van der Waals surface area contributed by atoms with Gasteiger partial charge in [0.2, 0.25) is 11.8 Å². The summed E-state index contributed by atoms with van der Waals surface area (Å²) >= 11 is 0. The molecule has 0 aromatic heterocycles. The minimum Gasteiger partial charge on any atom is -0.326 e. The van der Waals surface area contributed by atoms with E-state index in [1.165, 1.54) is 0 Å². The Bertz CT molecular complexity index is 470. The molecule has 5 heteroatoms. The minimum atomic E-state index is -0.261. The maximum Gasteiger partial charge on any atom is 0.238 e. The third-order valence-corrected chi connectivity index (χ3v) is 2.57. The van der Waals surface area contributed by atoms with Gasteiger partial charge in [-0.2, -0.15) is 0 Å². The highest BCUT2D eigenvalue weighted by molar-refractivity contribution is 5.95. The lowest BCUT2D eigenvalue weighted by Gasteiger charge is -2.12. The molecular formula is C14H21N3O2. The number of hydrogen-bond acceptors (Lipinski definition) is 3. The van der Waals surface area contributed by atoms with Crippen LogP contribution in [0.15, 0.2) is 18.2 Å². The fourth-order valence-electron chi connectivity index (χ4n) is 1.62. The zero-order chi connectivity index (χ0) is 14.4. The van der Waals surface area contributed by atoms with E-state index in [1.807, 2.05) is 26.8 Å². The van der Waals surface area contributed by atoms with E-state index in [9.17, 15) is 9.59 Å². The first-order valence-electron chi connectivity index (χ1n) is 6.32. The molecule has 4 N–H and O–H groups in total. The topological polar surface area (TPSA) is 84.2 Å². The largest absolute Gasteiger partial charge is 0.326 e. The van der Waals surface area contributed by atoms with Crippen LogP contribution in [0, 0.1) is 12.8 Å². The zero-order valence-electron chi connectivity index (χ0n) is 11.6.